The summed E-state index contributed by atoms with van der Waals surface area (Å²) in [4.78, 5) is 0. The second kappa shape index (κ2) is 9.57. The van der Waals surface area contributed by atoms with Gasteiger partial charge in [0.15, 0.2) is 0 Å². The van der Waals surface area contributed by atoms with Gasteiger partial charge in [-0.1, -0.05) is 62.7 Å². The smallest absolute Gasteiger partial charge is 0.0213 e. The molecule has 0 aromatic carbocycles. The number of hydrogen-bond acceptors (Lipinski definition) is 3. The van der Waals surface area contributed by atoms with Crippen molar-refractivity contribution in [2.75, 3.05) is 5.75 Å². The second-order valence-electron chi connectivity index (χ2n) is 6.19. The first-order chi connectivity index (χ1) is 9.42. The molecule has 0 bridgehead atoms. The fraction of sp³-hybridized carbons (Fsp3) is 1.00. The molecule has 2 aliphatic carbocycles. The lowest BCUT2D eigenvalue weighted by atomic mass is 9.91. The fourth-order valence-corrected chi connectivity index (χ4v) is 6.33. The van der Waals surface area contributed by atoms with Crippen LogP contribution in [0.1, 0.15) is 84.0 Å². The van der Waals surface area contributed by atoms with Crippen LogP contribution < -0.4 is 0 Å². The normalized spacial score (nSPS) is 23.1. The van der Waals surface area contributed by atoms with Crippen molar-refractivity contribution in [2.24, 2.45) is 0 Å². The molecule has 112 valence electrons. The van der Waals surface area contributed by atoms with Gasteiger partial charge in [-0.05, 0) is 43.1 Å². The van der Waals surface area contributed by atoms with Crippen LogP contribution in [0.5, 0.6) is 0 Å². The topological polar surface area (TPSA) is 3.24 Å². The summed E-state index contributed by atoms with van der Waals surface area (Å²) >= 11 is 0. The Morgan fingerprint density at radius 2 is 1.37 bits per heavy atom. The van der Waals surface area contributed by atoms with E-state index in [9.17, 15) is 0 Å². The van der Waals surface area contributed by atoms with Crippen LogP contribution >= 0.6 is 21.8 Å². The molecule has 0 unspecified atom stereocenters. The molecule has 0 aliphatic heterocycles. The lowest BCUT2D eigenvalue weighted by Crippen LogP contribution is -2.40. The molecule has 2 rings (SSSR count). The van der Waals surface area contributed by atoms with Gasteiger partial charge in [0, 0.05) is 17.8 Å². The summed E-state index contributed by atoms with van der Waals surface area (Å²) in [7, 11) is 4.24. The molecular formula is C16H31NS2. The van der Waals surface area contributed by atoms with E-state index in [0.29, 0.717) is 0 Å². The Hall–Kier alpha value is 0.660. The lowest BCUT2D eigenvalue weighted by molar-refractivity contribution is 0.186. The average Bonchev–Trinajstić information content (AvgIpc) is 2.49. The summed E-state index contributed by atoms with van der Waals surface area (Å²) < 4.78 is 2.85. The maximum absolute atomic E-state index is 2.85. The van der Waals surface area contributed by atoms with Crippen LogP contribution in [-0.2, 0) is 0 Å². The maximum atomic E-state index is 2.85. The molecule has 2 fully saturated rings. The van der Waals surface area contributed by atoms with Gasteiger partial charge < -0.3 is 0 Å². The lowest BCUT2D eigenvalue weighted by Gasteiger charge is -2.40. The molecule has 0 aromatic heterocycles. The van der Waals surface area contributed by atoms with Crippen LogP contribution in [0.15, 0.2) is 0 Å². The molecule has 3 heteroatoms. The van der Waals surface area contributed by atoms with E-state index in [2.05, 4.69) is 33.0 Å². The third kappa shape index (κ3) is 5.51. The molecular weight excluding hydrogens is 270 g/mol. The van der Waals surface area contributed by atoms with Crippen molar-refractivity contribution >= 4 is 21.8 Å². The highest BCUT2D eigenvalue weighted by Gasteiger charge is 2.29. The van der Waals surface area contributed by atoms with Gasteiger partial charge in [0.25, 0.3) is 0 Å². The first-order valence-corrected chi connectivity index (χ1v) is 10.8. The highest BCUT2D eigenvalue weighted by Crippen LogP contribution is 2.39. The van der Waals surface area contributed by atoms with Crippen LogP contribution in [0.3, 0.4) is 0 Å². The van der Waals surface area contributed by atoms with Crippen molar-refractivity contribution in [3.63, 3.8) is 0 Å². The summed E-state index contributed by atoms with van der Waals surface area (Å²) in [5.74, 6) is 1.33. The number of hydrogen-bond donors (Lipinski definition) is 0. The fourth-order valence-electron chi connectivity index (χ4n) is 3.39. The number of unbranched alkanes of at least 4 members (excludes halogenated alkanes) is 1. The predicted molar refractivity (Wildman–Crippen MR) is 90.5 cm³/mol. The summed E-state index contributed by atoms with van der Waals surface area (Å²) in [6, 6.07) is 1.77. The minimum Gasteiger partial charge on any atom is -0.235 e. The maximum Gasteiger partial charge on any atom is 0.0213 e. The van der Waals surface area contributed by atoms with E-state index in [-0.39, 0.29) is 0 Å². The van der Waals surface area contributed by atoms with Gasteiger partial charge in [0.2, 0.25) is 0 Å². The Balaban J connectivity index is 1.83. The van der Waals surface area contributed by atoms with E-state index in [0.717, 1.165) is 12.1 Å². The largest absolute Gasteiger partial charge is 0.235 e. The average molecular weight is 302 g/mol. The van der Waals surface area contributed by atoms with Crippen molar-refractivity contribution in [1.29, 1.82) is 0 Å². The summed E-state index contributed by atoms with van der Waals surface area (Å²) in [5, 5.41) is 0. The van der Waals surface area contributed by atoms with Gasteiger partial charge in [-0.25, -0.2) is 4.31 Å². The van der Waals surface area contributed by atoms with E-state index >= 15 is 0 Å². The van der Waals surface area contributed by atoms with E-state index < -0.39 is 0 Å². The van der Waals surface area contributed by atoms with Crippen LogP contribution in [0, 0.1) is 0 Å². The van der Waals surface area contributed by atoms with Crippen molar-refractivity contribution in [1.82, 2.24) is 4.31 Å². The van der Waals surface area contributed by atoms with E-state index in [1.165, 1.54) is 82.8 Å². The zero-order valence-corrected chi connectivity index (χ0v) is 14.2. The summed E-state index contributed by atoms with van der Waals surface area (Å²) in [6.45, 7) is 2.30. The van der Waals surface area contributed by atoms with Crippen molar-refractivity contribution in [3.05, 3.63) is 0 Å². The summed E-state index contributed by atoms with van der Waals surface area (Å²) in [6.07, 6.45) is 17.3. The van der Waals surface area contributed by atoms with Crippen molar-refractivity contribution in [2.45, 2.75) is 96.1 Å². The molecule has 0 saturated heterocycles. The molecule has 0 radical (unpaired) electrons. The Kier molecular flexibility index (Phi) is 8.08. The van der Waals surface area contributed by atoms with Crippen LogP contribution in [-0.4, -0.2) is 22.1 Å². The summed E-state index contributed by atoms with van der Waals surface area (Å²) in [5.41, 5.74) is 0. The third-order valence-corrected chi connectivity index (χ3v) is 7.25. The molecule has 0 aromatic rings. The molecule has 2 saturated carbocycles. The zero-order chi connectivity index (χ0) is 13.3. The highest BCUT2D eigenvalue weighted by atomic mass is 33.1. The van der Waals surface area contributed by atoms with Gasteiger partial charge in [-0.15, -0.1) is 0 Å². The van der Waals surface area contributed by atoms with Gasteiger partial charge in [0.1, 0.15) is 0 Å². The monoisotopic (exact) mass is 301 g/mol. The predicted octanol–water partition coefficient (Wildman–Crippen LogP) is 6.05. The minimum absolute atomic E-state index is 0.885. The van der Waals surface area contributed by atoms with Crippen LogP contribution in [0.25, 0.3) is 0 Å². The molecule has 0 amide bonds. The van der Waals surface area contributed by atoms with E-state index in [1.54, 1.807) is 0 Å². The molecule has 19 heavy (non-hydrogen) atoms. The quantitative estimate of drug-likeness (QED) is 0.320. The van der Waals surface area contributed by atoms with Gasteiger partial charge >= 0.3 is 0 Å². The molecule has 0 heterocycles. The van der Waals surface area contributed by atoms with Gasteiger partial charge in [0.05, 0.1) is 0 Å². The van der Waals surface area contributed by atoms with Crippen LogP contribution in [0.4, 0.5) is 0 Å². The highest BCUT2D eigenvalue weighted by molar-refractivity contribution is 8.75. The molecule has 2 aliphatic rings. The number of nitrogens with zero attached hydrogens (tertiary/aromatic N) is 1. The van der Waals surface area contributed by atoms with Crippen molar-refractivity contribution in [3.8, 4) is 0 Å². The van der Waals surface area contributed by atoms with E-state index in [1.807, 2.05) is 0 Å². The first-order valence-electron chi connectivity index (χ1n) is 8.49. The van der Waals surface area contributed by atoms with Crippen LogP contribution in [0.2, 0.25) is 0 Å². The van der Waals surface area contributed by atoms with Crippen molar-refractivity contribution < 1.29 is 0 Å². The first kappa shape index (κ1) is 16.0. The zero-order valence-electron chi connectivity index (χ0n) is 12.6. The minimum atomic E-state index is 0.885. The Morgan fingerprint density at radius 1 is 0.842 bits per heavy atom. The standard InChI is InChI=1S/C16H31NS2/c1-2-3-14-18-19-17(15-10-6-4-7-11-15)16-12-8-5-9-13-16/h15-16H,2-14H2,1H3. The molecule has 0 spiro atoms. The van der Waals surface area contributed by atoms with E-state index in [4.69, 9.17) is 0 Å². The van der Waals surface area contributed by atoms with Gasteiger partial charge in [-0.2, -0.15) is 0 Å². The molecule has 0 atom stereocenters. The Morgan fingerprint density at radius 3 is 1.84 bits per heavy atom. The molecule has 0 N–H and O–H groups in total. The molecule has 1 nitrogen and oxygen atoms in total. The second-order valence-corrected chi connectivity index (χ2v) is 8.56. The Labute approximate surface area is 128 Å². The number of rotatable bonds is 7. The van der Waals surface area contributed by atoms with Gasteiger partial charge in [-0.3, -0.25) is 0 Å². The third-order valence-electron chi connectivity index (χ3n) is 4.59. The Bertz CT molecular complexity index is 205. The SMILES string of the molecule is CCCCSSN(C1CCCCC1)C1CCCCC1.